The second-order valence-corrected chi connectivity index (χ2v) is 7.51. The van der Waals surface area contributed by atoms with E-state index < -0.39 is 10.0 Å². The summed E-state index contributed by atoms with van der Waals surface area (Å²) in [5.74, 6) is 0.172. The largest absolute Gasteiger partial charge is 0.282 e. The van der Waals surface area contributed by atoms with E-state index in [9.17, 15) is 8.42 Å². The molecule has 1 aromatic heterocycles. The van der Waals surface area contributed by atoms with E-state index in [0.717, 1.165) is 29.7 Å². The van der Waals surface area contributed by atoms with Crippen LogP contribution in [0.15, 0.2) is 36.5 Å². The van der Waals surface area contributed by atoms with Crippen molar-refractivity contribution in [1.82, 2.24) is 14.5 Å². The van der Waals surface area contributed by atoms with Crippen molar-refractivity contribution in [3.05, 3.63) is 42.2 Å². The molecule has 1 aliphatic rings. The van der Waals surface area contributed by atoms with Gasteiger partial charge in [-0.25, -0.2) is 12.7 Å². The summed E-state index contributed by atoms with van der Waals surface area (Å²) < 4.78 is 25.1. The number of hydrogen-bond acceptors (Lipinski definition) is 3. The first-order valence-electron chi connectivity index (χ1n) is 7.09. The molecule has 21 heavy (non-hydrogen) atoms. The second-order valence-electron chi connectivity index (χ2n) is 5.52. The Morgan fingerprint density at radius 1 is 1.29 bits per heavy atom. The minimum Gasteiger partial charge on any atom is -0.282 e. The maximum Gasteiger partial charge on any atom is 0.211 e. The molecule has 6 heteroatoms. The molecule has 1 fully saturated rings. The van der Waals surface area contributed by atoms with E-state index in [1.54, 1.807) is 4.31 Å². The molecule has 2 heterocycles. The van der Waals surface area contributed by atoms with Crippen molar-refractivity contribution >= 4 is 10.0 Å². The quantitative estimate of drug-likeness (QED) is 0.945. The lowest BCUT2D eigenvalue weighted by atomic mass is 9.91. The fraction of sp³-hybridized carbons (Fsp3) is 0.400. The molecule has 1 N–H and O–H groups in total. The summed E-state index contributed by atoms with van der Waals surface area (Å²) in [7, 11) is -3.13. The number of aromatic amines is 1. The number of aromatic nitrogens is 2. The van der Waals surface area contributed by atoms with Crippen LogP contribution in [0.5, 0.6) is 0 Å². The van der Waals surface area contributed by atoms with Gasteiger partial charge < -0.3 is 0 Å². The van der Waals surface area contributed by atoms with Gasteiger partial charge in [-0.1, -0.05) is 30.3 Å². The van der Waals surface area contributed by atoms with Gasteiger partial charge in [0.05, 0.1) is 12.5 Å². The van der Waals surface area contributed by atoms with Crippen molar-refractivity contribution in [3.8, 4) is 11.1 Å². The molecule has 1 aromatic carbocycles. The summed E-state index contributed by atoms with van der Waals surface area (Å²) in [5, 5.41) is 7.24. The van der Waals surface area contributed by atoms with Gasteiger partial charge in [0, 0.05) is 30.3 Å². The lowest BCUT2D eigenvalue weighted by molar-refractivity contribution is 0.315. The Kier molecular flexibility index (Phi) is 3.82. The topological polar surface area (TPSA) is 66.1 Å². The zero-order chi connectivity index (χ0) is 14.9. The Morgan fingerprint density at radius 3 is 2.76 bits per heavy atom. The first-order valence-corrected chi connectivity index (χ1v) is 8.94. The molecule has 0 amide bonds. The summed E-state index contributed by atoms with van der Waals surface area (Å²) in [5.41, 5.74) is 3.21. The van der Waals surface area contributed by atoms with Crippen LogP contribution < -0.4 is 0 Å². The predicted octanol–water partition coefficient (Wildman–Crippen LogP) is 2.22. The molecule has 1 unspecified atom stereocenters. The third-order valence-electron chi connectivity index (χ3n) is 4.02. The molecule has 3 rings (SSSR count). The van der Waals surface area contributed by atoms with Crippen LogP contribution >= 0.6 is 0 Å². The number of hydrogen-bond donors (Lipinski definition) is 1. The van der Waals surface area contributed by atoms with E-state index in [2.05, 4.69) is 10.2 Å². The van der Waals surface area contributed by atoms with Crippen LogP contribution in [0.1, 0.15) is 24.5 Å². The molecule has 5 nitrogen and oxygen atoms in total. The smallest absolute Gasteiger partial charge is 0.211 e. The SMILES string of the molecule is CS(=O)(=O)N1CCCC(c2[nH]ncc2-c2ccccc2)C1. The van der Waals surface area contributed by atoms with Gasteiger partial charge in [0.15, 0.2) is 0 Å². The van der Waals surface area contributed by atoms with Crippen molar-refractivity contribution in [1.29, 1.82) is 0 Å². The number of piperidine rings is 1. The third kappa shape index (κ3) is 3.01. The molecular formula is C15H19N3O2S. The zero-order valence-corrected chi connectivity index (χ0v) is 12.8. The van der Waals surface area contributed by atoms with E-state index >= 15 is 0 Å². The van der Waals surface area contributed by atoms with Crippen LogP contribution in [0.25, 0.3) is 11.1 Å². The molecule has 2 aromatic rings. The van der Waals surface area contributed by atoms with Gasteiger partial charge in [-0.05, 0) is 18.4 Å². The van der Waals surface area contributed by atoms with Crippen molar-refractivity contribution in [2.24, 2.45) is 0 Å². The van der Waals surface area contributed by atoms with Crippen molar-refractivity contribution in [2.45, 2.75) is 18.8 Å². The fourth-order valence-electron chi connectivity index (χ4n) is 2.93. The molecule has 0 saturated carbocycles. The monoisotopic (exact) mass is 305 g/mol. The van der Waals surface area contributed by atoms with Gasteiger partial charge in [0.25, 0.3) is 0 Å². The summed E-state index contributed by atoms with van der Waals surface area (Å²) in [6.07, 6.45) is 4.96. The van der Waals surface area contributed by atoms with Crippen molar-refractivity contribution in [2.75, 3.05) is 19.3 Å². The zero-order valence-electron chi connectivity index (χ0n) is 12.0. The van der Waals surface area contributed by atoms with E-state index in [1.165, 1.54) is 6.26 Å². The molecule has 0 radical (unpaired) electrons. The van der Waals surface area contributed by atoms with Crippen LogP contribution in [0.4, 0.5) is 0 Å². The third-order valence-corrected chi connectivity index (χ3v) is 5.28. The van der Waals surface area contributed by atoms with Crippen molar-refractivity contribution < 1.29 is 8.42 Å². The fourth-order valence-corrected chi connectivity index (χ4v) is 3.85. The van der Waals surface area contributed by atoms with E-state index in [1.807, 2.05) is 36.5 Å². The highest BCUT2D eigenvalue weighted by Gasteiger charge is 2.29. The van der Waals surface area contributed by atoms with Gasteiger partial charge in [-0.2, -0.15) is 5.10 Å². The van der Waals surface area contributed by atoms with Crippen LogP contribution in [-0.4, -0.2) is 42.3 Å². The summed E-state index contributed by atoms with van der Waals surface area (Å²) in [6, 6.07) is 10.1. The maximum absolute atomic E-state index is 11.8. The number of rotatable bonds is 3. The van der Waals surface area contributed by atoms with Crippen LogP contribution in [-0.2, 0) is 10.0 Å². The van der Waals surface area contributed by atoms with Crippen LogP contribution in [0.3, 0.4) is 0 Å². The first-order chi connectivity index (χ1) is 10.1. The Labute approximate surface area is 125 Å². The standard InChI is InChI=1S/C15H19N3O2S/c1-21(19,20)18-9-5-8-13(11-18)15-14(10-16-17-15)12-6-3-2-4-7-12/h2-4,6-7,10,13H,5,8-9,11H2,1H3,(H,16,17). The second kappa shape index (κ2) is 5.61. The molecule has 1 saturated heterocycles. The predicted molar refractivity (Wildman–Crippen MR) is 82.4 cm³/mol. The number of benzene rings is 1. The molecule has 1 aliphatic heterocycles. The Morgan fingerprint density at radius 2 is 2.05 bits per heavy atom. The van der Waals surface area contributed by atoms with Crippen molar-refractivity contribution in [3.63, 3.8) is 0 Å². The number of nitrogens with one attached hydrogen (secondary N) is 1. The van der Waals surface area contributed by atoms with E-state index in [4.69, 9.17) is 0 Å². The molecule has 0 bridgehead atoms. The molecular weight excluding hydrogens is 286 g/mol. The number of nitrogens with zero attached hydrogens (tertiary/aromatic N) is 2. The molecule has 112 valence electrons. The molecule has 0 spiro atoms. The van der Waals surface area contributed by atoms with Gasteiger partial charge in [-0.15, -0.1) is 0 Å². The van der Waals surface area contributed by atoms with Crippen LogP contribution in [0.2, 0.25) is 0 Å². The van der Waals surface area contributed by atoms with Gasteiger partial charge in [-0.3, -0.25) is 5.10 Å². The maximum atomic E-state index is 11.8. The van der Waals surface area contributed by atoms with E-state index in [-0.39, 0.29) is 5.92 Å². The lowest BCUT2D eigenvalue weighted by Gasteiger charge is -2.30. The first kappa shape index (κ1) is 14.3. The summed E-state index contributed by atoms with van der Waals surface area (Å²) in [6.45, 7) is 1.14. The highest BCUT2D eigenvalue weighted by molar-refractivity contribution is 7.88. The van der Waals surface area contributed by atoms with Gasteiger partial charge in [0.2, 0.25) is 10.0 Å². The summed E-state index contributed by atoms with van der Waals surface area (Å²) >= 11 is 0. The average Bonchev–Trinajstić information content (AvgIpc) is 2.97. The highest BCUT2D eigenvalue weighted by Crippen LogP contribution is 2.33. The number of sulfonamides is 1. The summed E-state index contributed by atoms with van der Waals surface area (Å²) in [4.78, 5) is 0. The Bertz CT molecular complexity index is 710. The normalized spacial score (nSPS) is 20.5. The Balaban J connectivity index is 1.90. The van der Waals surface area contributed by atoms with Gasteiger partial charge >= 0.3 is 0 Å². The van der Waals surface area contributed by atoms with Gasteiger partial charge in [0.1, 0.15) is 0 Å². The lowest BCUT2D eigenvalue weighted by Crippen LogP contribution is -2.38. The average molecular weight is 305 g/mol. The Hall–Kier alpha value is -1.66. The number of H-pyrrole nitrogens is 1. The minimum absolute atomic E-state index is 0.172. The van der Waals surface area contributed by atoms with Crippen LogP contribution in [0, 0.1) is 0 Å². The molecule has 1 atom stereocenters. The highest BCUT2D eigenvalue weighted by atomic mass is 32.2. The minimum atomic E-state index is -3.13. The molecule has 0 aliphatic carbocycles. The van der Waals surface area contributed by atoms with E-state index in [0.29, 0.717) is 13.1 Å².